The van der Waals surface area contributed by atoms with Crippen molar-refractivity contribution in [3.8, 4) is 5.75 Å². The molecule has 98 valence electrons. The van der Waals surface area contributed by atoms with Gasteiger partial charge in [-0.15, -0.1) is 0 Å². The summed E-state index contributed by atoms with van der Waals surface area (Å²) in [6.07, 6.45) is 0. The smallest absolute Gasteiger partial charge is 0.200 e. The number of hydrogen-bond donors (Lipinski definition) is 0. The van der Waals surface area contributed by atoms with Gasteiger partial charge in [0, 0.05) is 10.6 Å². The van der Waals surface area contributed by atoms with E-state index in [1.54, 1.807) is 24.3 Å². The van der Waals surface area contributed by atoms with Gasteiger partial charge >= 0.3 is 0 Å². The van der Waals surface area contributed by atoms with Crippen LogP contribution in [0.15, 0.2) is 46.9 Å². The Balaban J connectivity index is 2.04. The molecule has 0 amide bonds. The fourth-order valence-corrected chi connectivity index (χ4v) is 2.28. The van der Waals surface area contributed by atoms with Crippen LogP contribution < -0.4 is 4.74 Å². The number of benzene rings is 2. The Hall–Kier alpha value is -1.39. The van der Waals surface area contributed by atoms with Crippen molar-refractivity contribution in [2.75, 3.05) is 6.61 Å². The molecule has 0 saturated carbocycles. The van der Waals surface area contributed by atoms with Gasteiger partial charge in [-0.1, -0.05) is 23.7 Å². The Morgan fingerprint density at radius 3 is 2.74 bits per heavy atom. The highest BCUT2D eigenvalue weighted by molar-refractivity contribution is 9.10. The number of Topliss-reactive ketones (excluding diaryl/α,β-unsaturated/α-hetero) is 1. The van der Waals surface area contributed by atoms with Crippen molar-refractivity contribution in [1.29, 1.82) is 0 Å². The van der Waals surface area contributed by atoms with Crippen molar-refractivity contribution in [1.82, 2.24) is 0 Å². The van der Waals surface area contributed by atoms with Crippen molar-refractivity contribution in [3.63, 3.8) is 0 Å². The highest BCUT2D eigenvalue weighted by Gasteiger charge is 2.09. The minimum Gasteiger partial charge on any atom is -0.484 e. The molecule has 2 rings (SSSR count). The summed E-state index contributed by atoms with van der Waals surface area (Å²) in [4.78, 5) is 11.8. The van der Waals surface area contributed by atoms with E-state index in [9.17, 15) is 9.18 Å². The Morgan fingerprint density at radius 1 is 1.26 bits per heavy atom. The standard InChI is InChI=1S/C14H9BrClFO2/c15-12-7-10(16)4-5-14(12)19-8-13(18)9-2-1-3-11(17)6-9/h1-7H,8H2. The van der Waals surface area contributed by atoms with Crippen molar-refractivity contribution < 1.29 is 13.9 Å². The number of halogens is 3. The van der Waals surface area contributed by atoms with Crippen LogP contribution in [-0.4, -0.2) is 12.4 Å². The van der Waals surface area contributed by atoms with Gasteiger partial charge in [-0.05, 0) is 46.3 Å². The number of carbonyl (C=O) groups excluding carboxylic acids is 1. The molecule has 0 atom stereocenters. The molecule has 2 aromatic carbocycles. The summed E-state index contributed by atoms with van der Waals surface area (Å²) in [5.74, 6) is -0.228. The first kappa shape index (κ1) is 14.0. The average molecular weight is 344 g/mol. The van der Waals surface area contributed by atoms with Gasteiger partial charge < -0.3 is 4.74 Å². The first-order chi connectivity index (χ1) is 9.06. The Labute approximate surface area is 123 Å². The maximum absolute atomic E-state index is 13.0. The molecule has 0 heterocycles. The van der Waals surface area contributed by atoms with Gasteiger partial charge in [-0.2, -0.15) is 0 Å². The lowest BCUT2D eigenvalue weighted by Crippen LogP contribution is -2.12. The third-order valence-corrected chi connectivity index (χ3v) is 3.25. The molecule has 0 unspecified atom stereocenters. The zero-order chi connectivity index (χ0) is 13.8. The quantitative estimate of drug-likeness (QED) is 0.764. The lowest BCUT2D eigenvalue weighted by atomic mass is 10.1. The number of carbonyl (C=O) groups is 1. The predicted octanol–water partition coefficient (Wildman–Crippen LogP) is 4.50. The van der Waals surface area contributed by atoms with Gasteiger partial charge in [-0.25, -0.2) is 4.39 Å². The molecule has 0 bridgehead atoms. The van der Waals surface area contributed by atoms with E-state index in [1.165, 1.54) is 18.2 Å². The first-order valence-corrected chi connectivity index (χ1v) is 6.60. The van der Waals surface area contributed by atoms with Crippen LogP contribution in [0.1, 0.15) is 10.4 Å². The number of ether oxygens (including phenoxy) is 1. The van der Waals surface area contributed by atoms with E-state index >= 15 is 0 Å². The fraction of sp³-hybridized carbons (Fsp3) is 0.0714. The zero-order valence-corrected chi connectivity index (χ0v) is 12.0. The van der Waals surface area contributed by atoms with Crippen molar-refractivity contribution in [3.05, 3.63) is 63.3 Å². The van der Waals surface area contributed by atoms with Gasteiger partial charge in [0.2, 0.25) is 0 Å². The number of rotatable bonds is 4. The molecular formula is C14H9BrClFO2. The summed E-state index contributed by atoms with van der Waals surface area (Å²) in [6, 6.07) is 10.5. The molecule has 2 aromatic rings. The van der Waals surface area contributed by atoms with Crippen LogP contribution in [0.4, 0.5) is 4.39 Å². The largest absolute Gasteiger partial charge is 0.484 e. The van der Waals surface area contributed by atoms with Crippen LogP contribution in [0.5, 0.6) is 5.75 Å². The molecule has 0 aliphatic heterocycles. The second-order valence-electron chi connectivity index (χ2n) is 3.80. The predicted molar refractivity (Wildman–Crippen MR) is 75.4 cm³/mol. The van der Waals surface area contributed by atoms with E-state index in [-0.39, 0.29) is 18.0 Å². The van der Waals surface area contributed by atoms with Gasteiger partial charge in [0.15, 0.2) is 12.4 Å². The lowest BCUT2D eigenvalue weighted by Gasteiger charge is -2.07. The highest BCUT2D eigenvalue weighted by atomic mass is 79.9. The second kappa shape index (κ2) is 6.17. The molecule has 0 N–H and O–H groups in total. The molecule has 0 spiro atoms. The molecule has 0 aromatic heterocycles. The minimum atomic E-state index is -0.446. The van der Waals surface area contributed by atoms with Crippen molar-refractivity contribution in [2.24, 2.45) is 0 Å². The van der Waals surface area contributed by atoms with Gasteiger partial charge in [-0.3, -0.25) is 4.79 Å². The molecule has 0 aliphatic rings. The number of ketones is 1. The fourth-order valence-electron chi connectivity index (χ4n) is 1.48. The maximum Gasteiger partial charge on any atom is 0.200 e. The van der Waals surface area contributed by atoms with Gasteiger partial charge in [0.1, 0.15) is 11.6 Å². The molecule has 19 heavy (non-hydrogen) atoms. The lowest BCUT2D eigenvalue weighted by molar-refractivity contribution is 0.0920. The van der Waals surface area contributed by atoms with E-state index in [1.807, 2.05) is 0 Å². The van der Waals surface area contributed by atoms with Crippen molar-refractivity contribution >= 4 is 33.3 Å². The molecule has 0 saturated heterocycles. The Kier molecular flexibility index (Phi) is 4.56. The molecule has 0 radical (unpaired) electrons. The summed E-state index contributed by atoms with van der Waals surface area (Å²) >= 11 is 9.08. The van der Waals surface area contributed by atoms with Crippen LogP contribution in [0.2, 0.25) is 5.02 Å². The Bertz CT molecular complexity index is 616. The highest BCUT2D eigenvalue weighted by Crippen LogP contribution is 2.28. The average Bonchev–Trinajstić information content (AvgIpc) is 2.37. The van der Waals surface area contributed by atoms with Crippen LogP contribution in [-0.2, 0) is 0 Å². The van der Waals surface area contributed by atoms with E-state index in [0.717, 1.165) is 0 Å². The van der Waals surface area contributed by atoms with Crippen LogP contribution in [0, 0.1) is 5.82 Å². The van der Waals surface area contributed by atoms with E-state index in [4.69, 9.17) is 16.3 Å². The van der Waals surface area contributed by atoms with Gasteiger partial charge in [0.05, 0.1) is 4.47 Å². The van der Waals surface area contributed by atoms with E-state index in [2.05, 4.69) is 15.9 Å². The van der Waals surface area contributed by atoms with Crippen LogP contribution >= 0.6 is 27.5 Å². The minimum absolute atomic E-state index is 0.163. The molecule has 0 fully saturated rings. The summed E-state index contributed by atoms with van der Waals surface area (Å²) in [5.41, 5.74) is 0.282. The van der Waals surface area contributed by atoms with E-state index in [0.29, 0.717) is 15.2 Å². The molecule has 0 aliphatic carbocycles. The Morgan fingerprint density at radius 2 is 2.05 bits per heavy atom. The number of hydrogen-bond acceptors (Lipinski definition) is 2. The summed E-state index contributed by atoms with van der Waals surface area (Å²) in [7, 11) is 0. The normalized spacial score (nSPS) is 10.3. The molecular weight excluding hydrogens is 335 g/mol. The van der Waals surface area contributed by atoms with Gasteiger partial charge in [0.25, 0.3) is 0 Å². The maximum atomic E-state index is 13.0. The third-order valence-electron chi connectivity index (χ3n) is 2.40. The zero-order valence-electron chi connectivity index (χ0n) is 9.70. The molecule has 5 heteroatoms. The summed E-state index contributed by atoms with van der Waals surface area (Å²) < 4.78 is 19.0. The molecule has 2 nitrogen and oxygen atoms in total. The monoisotopic (exact) mass is 342 g/mol. The topological polar surface area (TPSA) is 26.3 Å². The van der Waals surface area contributed by atoms with Crippen LogP contribution in [0.3, 0.4) is 0 Å². The summed E-state index contributed by atoms with van der Waals surface area (Å²) in [5, 5.41) is 0.565. The van der Waals surface area contributed by atoms with Crippen LogP contribution in [0.25, 0.3) is 0 Å². The second-order valence-corrected chi connectivity index (χ2v) is 5.09. The van der Waals surface area contributed by atoms with Crippen molar-refractivity contribution in [2.45, 2.75) is 0 Å². The first-order valence-electron chi connectivity index (χ1n) is 5.43. The van der Waals surface area contributed by atoms with E-state index < -0.39 is 5.82 Å². The SMILES string of the molecule is O=C(COc1ccc(Cl)cc1Br)c1cccc(F)c1. The third kappa shape index (κ3) is 3.78. The summed E-state index contributed by atoms with van der Waals surface area (Å²) in [6.45, 7) is -0.163.